The second-order valence-electron chi connectivity index (χ2n) is 5.32. The molecule has 1 atom stereocenters. The highest BCUT2D eigenvalue weighted by atomic mass is 35.5. The van der Waals surface area contributed by atoms with Crippen LogP contribution in [0.1, 0.15) is 6.42 Å². The fraction of sp³-hybridized carbons (Fsp3) is 0.188. The van der Waals surface area contributed by atoms with Gasteiger partial charge in [-0.3, -0.25) is 4.79 Å². The molecule has 0 aromatic heterocycles. The van der Waals surface area contributed by atoms with Crippen LogP contribution in [0.25, 0.3) is 0 Å². The summed E-state index contributed by atoms with van der Waals surface area (Å²) in [4.78, 5) is 13.9. The molecule has 2 aromatic carbocycles. The Morgan fingerprint density at radius 1 is 1.04 bits per heavy atom. The summed E-state index contributed by atoms with van der Waals surface area (Å²) in [6.07, 6.45) is 0.134. The van der Waals surface area contributed by atoms with Crippen LogP contribution in [-0.2, 0) is 14.8 Å². The molecule has 0 radical (unpaired) electrons. The maximum absolute atomic E-state index is 12.3. The summed E-state index contributed by atoms with van der Waals surface area (Å²) in [6.45, 7) is 0.298. The van der Waals surface area contributed by atoms with Gasteiger partial charge >= 0.3 is 0 Å². The zero-order chi connectivity index (χ0) is 16.4. The standard InChI is InChI=1S/C16H15ClN2O3S/c17-12-6-8-14(9-7-12)19-11-13(10-16(19)20)18-23(21,22)15-4-2-1-3-5-15/h1-9,13,18H,10-11H2/t13-/m0/s1. The predicted molar refractivity (Wildman–Crippen MR) is 89.0 cm³/mol. The zero-order valence-electron chi connectivity index (χ0n) is 12.1. The van der Waals surface area contributed by atoms with Crippen LogP contribution in [-0.4, -0.2) is 26.9 Å². The van der Waals surface area contributed by atoms with Gasteiger partial charge in [-0.1, -0.05) is 29.8 Å². The molecular weight excluding hydrogens is 336 g/mol. The van der Waals surface area contributed by atoms with Crippen molar-refractivity contribution in [2.75, 3.05) is 11.4 Å². The van der Waals surface area contributed by atoms with E-state index in [0.29, 0.717) is 17.3 Å². The molecule has 3 rings (SSSR count). The SMILES string of the molecule is O=C1C[C@H](NS(=O)(=O)c2ccccc2)CN1c1ccc(Cl)cc1. The molecule has 7 heteroatoms. The molecule has 0 saturated carbocycles. The van der Waals surface area contributed by atoms with E-state index in [1.807, 2.05) is 0 Å². The van der Waals surface area contributed by atoms with Crippen molar-refractivity contribution in [1.82, 2.24) is 4.72 Å². The number of carbonyl (C=O) groups is 1. The number of amides is 1. The van der Waals surface area contributed by atoms with E-state index in [0.717, 1.165) is 0 Å². The lowest BCUT2D eigenvalue weighted by molar-refractivity contribution is -0.117. The lowest BCUT2D eigenvalue weighted by Crippen LogP contribution is -2.37. The fourth-order valence-electron chi connectivity index (χ4n) is 2.54. The first-order valence-electron chi connectivity index (χ1n) is 7.09. The highest BCUT2D eigenvalue weighted by Crippen LogP contribution is 2.24. The summed E-state index contributed by atoms with van der Waals surface area (Å²) in [6, 6.07) is 14.6. The third kappa shape index (κ3) is 3.55. The Balaban J connectivity index is 1.74. The van der Waals surface area contributed by atoms with Gasteiger partial charge in [-0.25, -0.2) is 13.1 Å². The average Bonchev–Trinajstić information content (AvgIpc) is 2.89. The largest absolute Gasteiger partial charge is 0.311 e. The third-order valence-corrected chi connectivity index (χ3v) is 5.43. The molecule has 1 fully saturated rings. The number of sulfonamides is 1. The van der Waals surface area contributed by atoms with Gasteiger partial charge in [0.1, 0.15) is 0 Å². The van der Waals surface area contributed by atoms with E-state index < -0.39 is 16.1 Å². The van der Waals surface area contributed by atoms with Crippen LogP contribution in [0.5, 0.6) is 0 Å². The molecule has 2 aromatic rings. The number of carbonyl (C=O) groups excluding carboxylic acids is 1. The smallest absolute Gasteiger partial charge is 0.240 e. The number of nitrogens with one attached hydrogen (secondary N) is 1. The number of hydrogen-bond acceptors (Lipinski definition) is 3. The average molecular weight is 351 g/mol. The number of benzene rings is 2. The van der Waals surface area contributed by atoms with E-state index in [1.54, 1.807) is 47.4 Å². The lowest BCUT2D eigenvalue weighted by Gasteiger charge is -2.17. The zero-order valence-corrected chi connectivity index (χ0v) is 13.7. The Hall–Kier alpha value is -1.89. The molecule has 0 bridgehead atoms. The van der Waals surface area contributed by atoms with E-state index >= 15 is 0 Å². The minimum atomic E-state index is -3.63. The monoisotopic (exact) mass is 350 g/mol. The molecule has 0 aliphatic carbocycles. The normalized spacial score (nSPS) is 18.4. The molecule has 1 amide bonds. The molecule has 23 heavy (non-hydrogen) atoms. The van der Waals surface area contributed by atoms with E-state index in [4.69, 9.17) is 11.6 Å². The molecule has 1 aliphatic rings. The van der Waals surface area contributed by atoms with Crippen molar-refractivity contribution in [1.29, 1.82) is 0 Å². The maximum atomic E-state index is 12.3. The van der Waals surface area contributed by atoms with Crippen molar-refractivity contribution in [2.24, 2.45) is 0 Å². The summed E-state index contributed by atoms with van der Waals surface area (Å²) in [5.74, 6) is -0.118. The van der Waals surface area contributed by atoms with E-state index in [-0.39, 0.29) is 17.2 Å². The Bertz CT molecular complexity index is 807. The van der Waals surface area contributed by atoms with Gasteiger partial charge in [0.25, 0.3) is 0 Å². The number of rotatable bonds is 4. The van der Waals surface area contributed by atoms with Crippen molar-refractivity contribution in [3.8, 4) is 0 Å². The third-order valence-electron chi connectivity index (χ3n) is 3.64. The minimum absolute atomic E-state index is 0.118. The van der Waals surface area contributed by atoms with Crippen molar-refractivity contribution >= 4 is 33.2 Å². The van der Waals surface area contributed by atoms with Crippen LogP contribution in [0.15, 0.2) is 59.5 Å². The molecule has 0 unspecified atom stereocenters. The summed E-state index contributed by atoms with van der Waals surface area (Å²) in [7, 11) is -3.63. The van der Waals surface area contributed by atoms with Gasteiger partial charge in [-0.15, -0.1) is 0 Å². The van der Waals surface area contributed by atoms with Gasteiger partial charge in [-0.2, -0.15) is 0 Å². The molecule has 1 saturated heterocycles. The van der Waals surface area contributed by atoms with Crippen LogP contribution in [0.3, 0.4) is 0 Å². The van der Waals surface area contributed by atoms with Gasteiger partial charge < -0.3 is 4.90 Å². The maximum Gasteiger partial charge on any atom is 0.240 e. The van der Waals surface area contributed by atoms with E-state index in [9.17, 15) is 13.2 Å². The molecule has 0 spiro atoms. The summed E-state index contributed by atoms with van der Waals surface area (Å²) in [5, 5.41) is 0.585. The first-order valence-corrected chi connectivity index (χ1v) is 8.95. The van der Waals surface area contributed by atoms with Crippen LogP contribution in [0, 0.1) is 0 Å². The second-order valence-corrected chi connectivity index (χ2v) is 7.47. The van der Waals surface area contributed by atoms with Crippen molar-refractivity contribution < 1.29 is 13.2 Å². The van der Waals surface area contributed by atoms with Gasteiger partial charge in [0.15, 0.2) is 0 Å². The predicted octanol–water partition coefficient (Wildman–Crippen LogP) is 2.42. The highest BCUT2D eigenvalue weighted by molar-refractivity contribution is 7.89. The Kier molecular flexibility index (Phi) is 4.39. The molecule has 120 valence electrons. The van der Waals surface area contributed by atoms with Gasteiger partial charge in [0.05, 0.1) is 4.90 Å². The number of halogens is 1. The Labute approximate surface area is 139 Å². The van der Waals surface area contributed by atoms with Crippen molar-refractivity contribution in [3.63, 3.8) is 0 Å². The van der Waals surface area contributed by atoms with Crippen LogP contribution >= 0.6 is 11.6 Å². The molecule has 1 aliphatic heterocycles. The fourth-order valence-corrected chi connectivity index (χ4v) is 3.92. The van der Waals surface area contributed by atoms with Crippen LogP contribution < -0.4 is 9.62 Å². The molecule has 1 heterocycles. The summed E-state index contributed by atoms with van der Waals surface area (Å²) in [5.41, 5.74) is 0.709. The van der Waals surface area contributed by atoms with E-state index in [1.165, 1.54) is 12.1 Å². The van der Waals surface area contributed by atoms with Gasteiger partial charge in [0, 0.05) is 29.7 Å². The molecular formula is C16H15ClN2O3S. The molecule has 1 N–H and O–H groups in total. The Morgan fingerprint density at radius 3 is 2.35 bits per heavy atom. The summed E-state index contributed by atoms with van der Waals surface area (Å²) < 4.78 is 27.2. The van der Waals surface area contributed by atoms with Crippen molar-refractivity contribution in [2.45, 2.75) is 17.4 Å². The van der Waals surface area contributed by atoms with Gasteiger partial charge in [0.2, 0.25) is 15.9 Å². The first-order chi connectivity index (χ1) is 11.0. The Morgan fingerprint density at radius 2 is 1.70 bits per heavy atom. The molecule has 5 nitrogen and oxygen atoms in total. The minimum Gasteiger partial charge on any atom is -0.311 e. The van der Waals surface area contributed by atoms with E-state index in [2.05, 4.69) is 4.72 Å². The quantitative estimate of drug-likeness (QED) is 0.920. The number of anilines is 1. The second kappa shape index (κ2) is 6.31. The van der Waals surface area contributed by atoms with Crippen LogP contribution in [0.4, 0.5) is 5.69 Å². The topological polar surface area (TPSA) is 66.5 Å². The summed E-state index contributed by atoms with van der Waals surface area (Å²) >= 11 is 5.84. The lowest BCUT2D eigenvalue weighted by atomic mass is 10.3. The highest BCUT2D eigenvalue weighted by Gasteiger charge is 2.33. The van der Waals surface area contributed by atoms with Crippen LogP contribution in [0.2, 0.25) is 5.02 Å². The first kappa shape index (κ1) is 16.0. The van der Waals surface area contributed by atoms with Gasteiger partial charge in [-0.05, 0) is 36.4 Å². The van der Waals surface area contributed by atoms with Crippen molar-refractivity contribution in [3.05, 3.63) is 59.6 Å². The number of nitrogens with zero attached hydrogens (tertiary/aromatic N) is 1. The number of hydrogen-bond donors (Lipinski definition) is 1.